The van der Waals surface area contributed by atoms with E-state index in [0.29, 0.717) is 0 Å². The van der Waals surface area contributed by atoms with Gasteiger partial charge in [0, 0.05) is 0 Å². The predicted octanol–water partition coefficient (Wildman–Crippen LogP) is -0.00250. The van der Waals surface area contributed by atoms with Crippen molar-refractivity contribution >= 4 is 35.5 Å². The zero-order valence-electron chi connectivity index (χ0n) is 5.99. The summed E-state index contributed by atoms with van der Waals surface area (Å²) in [4.78, 5) is 14.6. The second-order valence-corrected chi connectivity index (χ2v) is 2.15. The Hall–Kier alpha value is -0.350. The average molecular weight is 175 g/mol. The topological polar surface area (TPSA) is 52.3 Å². The Morgan fingerprint density at radius 1 is 1.33 bits per heavy atom. The van der Waals surface area contributed by atoms with Gasteiger partial charge in [0.15, 0.2) is 0 Å². The van der Waals surface area contributed by atoms with E-state index < -0.39 is 5.97 Å². The van der Waals surface area contributed by atoms with Crippen LogP contribution in [0, 0.1) is 0 Å². The van der Waals surface area contributed by atoms with Gasteiger partial charge in [-0.1, -0.05) is 30.3 Å². The summed E-state index contributed by atoms with van der Waals surface area (Å²) in [6.07, 6.45) is 0.233. The molecule has 0 spiro atoms. The number of benzene rings is 1. The normalized spacial score (nSPS) is 8.42. The fourth-order valence-electron chi connectivity index (χ4n) is 0.804. The van der Waals surface area contributed by atoms with Crippen LogP contribution in [0.4, 0.5) is 0 Å². The van der Waals surface area contributed by atoms with Gasteiger partial charge in [0.05, 0.1) is 6.42 Å². The van der Waals surface area contributed by atoms with Gasteiger partial charge in [0.1, 0.15) is 0 Å². The summed E-state index contributed by atoms with van der Waals surface area (Å²) >= 11 is 0. The zero-order chi connectivity index (χ0) is 8.10. The molecule has 0 bridgehead atoms. The van der Waals surface area contributed by atoms with E-state index in [1.807, 2.05) is 30.3 Å². The van der Waals surface area contributed by atoms with Gasteiger partial charge in [-0.05, 0) is 5.56 Å². The minimum absolute atomic E-state index is 0. The molecule has 4 heteroatoms. The summed E-state index contributed by atoms with van der Waals surface area (Å²) in [6, 6.07) is 9.30. The number of nitrogens with two attached hydrogens (primary N) is 1. The fourth-order valence-corrected chi connectivity index (χ4v) is 0.804. The molecule has 60 valence electrons. The molecule has 1 aromatic carbocycles. The van der Waals surface area contributed by atoms with E-state index in [-0.39, 0.29) is 36.0 Å². The Morgan fingerprint density at radius 2 is 1.92 bits per heavy atom. The van der Waals surface area contributed by atoms with Gasteiger partial charge in [0.2, 0.25) is 0 Å². The van der Waals surface area contributed by atoms with E-state index >= 15 is 0 Å². The summed E-state index contributed by atoms with van der Waals surface area (Å²) < 4.78 is 0. The molecule has 2 N–H and O–H groups in total. The summed E-state index contributed by atoms with van der Waals surface area (Å²) in [5, 5.41) is 0. The average Bonchev–Trinajstić information content (AvgIpc) is 2.06. The molecule has 0 heterocycles. The van der Waals surface area contributed by atoms with Crippen LogP contribution in [0.3, 0.4) is 0 Å². The first kappa shape index (κ1) is 11.6. The van der Waals surface area contributed by atoms with Crippen molar-refractivity contribution < 1.29 is 9.63 Å². The summed E-state index contributed by atoms with van der Waals surface area (Å²) in [7, 11) is 0. The van der Waals surface area contributed by atoms with Crippen LogP contribution in [-0.4, -0.2) is 35.5 Å². The van der Waals surface area contributed by atoms with Gasteiger partial charge in [-0.25, -0.2) is 0 Å². The van der Waals surface area contributed by atoms with Crippen LogP contribution in [0.5, 0.6) is 0 Å². The van der Waals surface area contributed by atoms with E-state index in [1.54, 1.807) is 0 Å². The first-order chi connectivity index (χ1) is 5.33. The van der Waals surface area contributed by atoms with Crippen LogP contribution in [0.15, 0.2) is 30.3 Å². The molecule has 0 atom stereocenters. The van der Waals surface area contributed by atoms with Crippen LogP contribution in [0.2, 0.25) is 0 Å². The monoisotopic (exact) mass is 175 g/mol. The SMILES string of the molecule is NOC(=O)Cc1ccccc1.[NaH]. The molecule has 12 heavy (non-hydrogen) atoms. The molecule has 0 saturated heterocycles. The molecule has 0 fully saturated rings. The maximum atomic E-state index is 10.6. The number of carbonyl (C=O) groups excluding carboxylic acids is 1. The molecule has 0 unspecified atom stereocenters. The van der Waals surface area contributed by atoms with Crippen molar-refractivity contribution in [3.8, 4) is 0 Å². The van der Waals surface area contributed by atoms with Gasteiger partial charge < -0.3 is 4.84 Å². The van der Waals surface area contributed by atoms with E-state index in [2.05, 4.69) is 10.7 Å². The Bertz CT molecular complexity index is 238. The molecule has 3 nitrogen and oxygen atoms in total. The van der Waals surface area contributed by atoms with Gasteiger partial charge >= 0.3 is 35.5 Å². The van der Waals surface area contributed by atoms with Crippen molar-refractivity contribution in [2.75, 3.05) is 0 Å². The van der Waals surface area contributed by atoms with Crippen molar-refractivity contribution in [1.29, 1.82) is 0 Å². The van der Waals surface area contributed by atoms with E-state index in [1.165, 1.54) is 0 Å². The van der Waals surface area contributed by atoms with Crippen LogP contribution in [0.25, 0.3) is 0 Å². The van der Waals surface area contributed by atoms with Gasteiger partial charge in [-0.2, -0.15) is 5.90 Å². The molecular weight excluding hydrogens is 165 g/mol. The van der Waals surface area contributed by atoms with Crippen LogP contribution in [-0.2, 0) is 16.1 Å². The molecule has 0 aliphatic rings. The molecule has 0 aliphatic heterocycles. The minimum atomic E-state index is -0.420. The molecule has 0 aromatic heterocycles. The molecule has 0 radical (unpaired) electrons. The first-order valence-corrected chi connectivity index (χ1v) is 3.26. The number of hydrogen-bond acceptors (Lipinski definition) is 3. The summed E-state index contributed by atoms with van der Waals surface area (Å²) in [6.45, 7) is 0. The fraction of sp³-hybridized carbons (Fsp3) is 0.125. The Labute approximate surface area is 93.1 Å². The number of rotatable bonds is 2. The third kappa shape index (κ3) is 3.88. The van der Waals surface area contributed by atoms with Gasteiger partial charge in [-0.15, -0.1) is 0 Å². The van der Waals surface area contributed by atoms with Gasteiger partial charge in [0.25, 0.3) is 0 Å². The quantitative estimate of drug-likeness (QED) is 0.508. The first-order valence-electron chi connectivity index (χ1n) is 3.26. The van der Waals surface area contributed by atoms with Crippen molar-refractivity contribution in [2.45, 2.75) is 6.42 Å². The Morgan fingerprint density at radius 3 is 2.42 bits per heavy atom. The van der Waals surface area contributed by atoms with Gasteiger partial charge in [-0.3, -0.25) is 4.79 Å². The van der Waals surface area contributed by atoms with E-state index in [0.717, 1.165) is 5.56 Å². The Balaban J connectivity index is 0.00000121. The van der Waals surface area contributed by atoms with Crippen LogP contribution >= 0.6 is 0 Å². The van der Waals surface area contributed by atoms with Crippen molar-refractivity contribution in [3.63, 3.8) is 0 Å². The standard InChI is InChI=1S/C8H9NO2.Na.H/c9-11-8(10)6-7-4-2-1-3-5-7;;/h1-5H,6,9H2;;. The molecule has 1 aromatic rings. The maximum absolute atomic E-state index is 10.6. The molecular formula is C8H10NNaO2. The van der Waals surface area contributed by atoms with Crippen molar-refractivity contribution in [1.82, 2.24) is 0 Å². The van der Waals surface area contributed by atoms with Crippen LogP contribution < -0.4 is 5.90 Å². The Kier molecular flexibility index (Phi) is 6.02. The molecule has 1 rings (SSSR count). The second kappa shape index (κ2) is 6.20. The third-order valence-corrected chi connectivity index (χ3v) is 1.32. The van der Waals surface area contributed by atoms with E-state index in [4.69, 9.17) is 0 Å². The van der Waals surface area contributed by atoms with Crippen molar-refractivity contribution in [2.24, 2.45) is 5.90 Å². The molecule has 0 saturated carbocycles. The molecule has 0 amide bonds. The summed E-state index contributed by atoms with van der Waals surface area (Å²) in [5.74, 6) is 4.25. The van der Waals surface area contributed by atoms with E-state index in [9.17, 15) is 4.79 Å². The summed E-state index contributed by atoms with van der Waals surface area (Å²) in [5.41, 5.74) is 0.906. The molecule has 0 aliphatic carbocycles. The zero-order valence-corrected chi connectivity index (χ0v) is 5.99. The third-order valence-electron chi connectivity index (χ3n) is 1.32. The van der Waals surface area contributed by atoms with Crippen molar-refractivity contribution in [3.05, 3.63) is 35.9 Å². The second-order valence-electron chi connectivity index (χ2n) is 2.15. The number of carbonyl (C=O) groups is 1. The van der Waals surface area contributed by atoms with Crippen LogP contribution in [0.1, 0.15) is 5.56 Å². The predicted molar refractivity (Wildman–Crippen MR) is 47.6 cm³/mol. The number of hydrogen-bond donors (Lipinski definition) is 1.